The maximum Gasteiger partial charge on any atom is 0.347 e. The number of carboxylic acid groups (broad SMARTS) is 1. The van der Waals surface area contributed by atoms with E-state index in [0.29, 0.717) is 17.7 Å². The zero-order valence-corrected chi connectivity index (χ0v) is 14.1. The molecule has 0 aromatic heterocycles. The fourth-order valence-electron chi connectivity index (χ4n) is 2.96. The van der Waals surface area contributed by atoms with Crippen molar-refractivity contribution in [2.75, 3.05) is 0 Å². The third-order valence-electron chi connectivity index (χ3n) is 4.44. The first-order valence-electron chi connectivity index (χ1n) is 7.98. The summed E-state index contributed by atoms with van der Waals surface area (Å²) in [4.78, 5) is 23.5. The van der Waals surface area contributed by atoms with Crippen molar-refractivity contribution < 1.29 is 19.4 Å². The lowest BCUT2D eigenvalue weighted by molar-refractivity contribution is -0.152. The van der Waals surface area contributed by atoms with E-state index >= 15 is 0 Å². The first kappa shape index (κ1) is 16.2. The molecule has 0 saturated heterocycles. The molecule has 0 unspecified atom stereocenters. The molecule has 124 valence electrons. The standard InChI is InChI=1S/C20H20O4/c1-12-6-4-5-7-14(12)16-10-13-8-9-17(21)15(13)11-18(16)24-20(2,3)19(22)23/h4-7,10-11H,8-9H2,1-3H3,(H,22,23). The van der Waals surface area contributed by atoms with Crippen molar-refractivity contribution in [2.24, 2.45) is 0 Å². The number of hydrogen-bond donors (Lipinski definition) is 1. The lowest BCUT2D eigenvalue weighted by atomic mass is 9.95. The molecule has 0 fully saturated rings. The molecule has 0 aliphatic heterocycles. The number of carbonyl (C=O) groups excluding carboxylic acids is 1. The zero-order valence-electron chi connectivity index (χ0n) is 14.1. The number of hydrogen-bond acceptors (Lipinski definition) is 3. The van der Waals surface area contributed by atoms with E-state index in [0.717, 1.165) is 28.7 Å². The summed E-state index contributed by atoms with van der Waals surface area (Å²) in [6.07, 6.45) is 1.21. The fourth-order valence-corrected chi connectivity index (χ4v) is 2.96. The van der Waals surface area contributed by atoms with Crippen LogP contribution < -0.4 is 4.74 Å². The van der Waals surface area contributed by atoms with Crippen LogP contribution in [0.2, 0.25) is 0 Å². The van der Waals surface area contributed by atoms with Crippen LogP contribution in [0.1, 0.15) is 41.8 Å². The first-order chi connectivity index (χ1) is 11.3. The van der Waals surface area contributed by atoms with Gasteiger partial charge in [-0.05, 0) is 56.0 Å². The van der Waals surface area contributed by atoms with E-state index in [2.05, 4.69) is 0 Å². The van der Waals surface area contributed by atoms with Crippen molar-refractivity contribution in [3.05, 3.63) is 53.1 Å². The van der Waals surface area contributed by atoms with Crippen molar-refractivity contribution >= 4 is 11.8 Å². The Morgan fingerprint density at radius 2 is 1.79 bits per heavy atom. The molecule has 24 heavy (non-hydrogen) atoms. The van der Waals surface area contributed by atoms with Gasteiger partial charge in [0, 0.05) is 17.5 Å². The zero-order chi connectivity index (χ0) is 17.5. The maximum atomic E-state index is 12.1. The summed E-state index contributed by atoms with van der Waals surface area (Å²) >= 11 is 0. The number of Topliss-reactive ketones (excluding diaryl/α,β-unsaturated/α-hetero) is 1. The summed E-state index contributed by atoms with van der Waals surface area (Å²) in [5.74, 6) is -0.532. The van der Waals surface area contributed by atoms with E-state index in [1.54, 1.807) is 6.07 Å². The van der Waals surface area contributed by atoms with E-state index in [-0.39, 0.29) is 5.78 Å². The van der Waals surface area contributed by atoms with Crippen molar-refractivity contribution in [1.82, 2.24) is 0 Å². The van der Waals surface area contributed by atoms with Crippen LogP contribution in [0.15, 0.2) is 36.4 Å². The van der Waals surface area contributed by atoms with Gasteiger partial charge in [0.1, 0.15) is 5.75 Å². The summed E-state index contributed by atoms with van der Waals surface area (Å²) in [5, 5.41) is 9.37. The van der Waals surface area contributed by atoms with Crippen LogP contribution in [0.3, 0.4) is 0 Å². The number of carboxylic acids is 1. The van der Waals surface area contributed by atoms with Gasteiger partial charge in [-0.15, -0.1) is 0 Å². The van der Waals surface area contributed by atoms with E-state index < -0.39 is 11.6 Å². The minimum atomic E-state index is -1.38. The minimum absolute atomic E-state index is 0.0827. The highest BCUT2D eigenvalue weighted by atomic mass is 16.5. The molecule has 4 heteroatoms. The number of ether oxygens (including phenoxy) is 1. The number of carbonyl (C=O) groups is 2. The largest absolute Gasteiger partial charge is 0.478 e. The normalized spacial score (nSPS) is 13.7. The molecule has 0 amide bonds. The monoisotopic (exact) mass is 324 g/mol. The molecule has 0 bridgehead atoms. The molecule has 0 heterocycles. The van der Waals surface area contributed by atoms with Crippen LogP contribution in [0.4, 0.5) is 0 Å². The molecule has 3 rings (SSSR count). The molecule has 1 N–H and O–H groups in total. The Hall–Kier alpha value is -2.62. The van der Waals surface area contributed by atoms with Gasteiger partial charge in [0.2, 0.25) is 0 Å². The summed E-state index contributed by atoms with van der Waals surface area (Å²) in [6, 6.07) is 11.5. The van der Waals surface area contributed by atoms with Crippen molar-refractivity contribution in [3.8, 4) is 16.9 Å². The van der Waals surface area contributed by atoms with Gasteiger partial charge in [-0.1, -0.05) is 24.3 Å². The Balaban J connectivity index is 2.19. The maximum absolute atomic E-state index is 12.1. The van der Waals surface area contributed by atoms with Gasteiger partial charge < -0.3 is 9.84 Å². The molecule has 0 spiro atoms. The van der Waals surface area contributed by atoms with Gasteiger partial charge in [0.15, 0.2) is 11.4 Å². The predicted octanol–water partition coefficient (Wildman–Crippen LogP) is 4.03. The van der Waals surface area contributed by atoms with Crippen molar-refractivity contribution in [2.45, 2.75) is 39.2 Å². The highest BCUT2D eigenvalue weighted by molar-refractivity contribution is 6.02. The number of ketones is 1. The average molecular weight is 324 g/mol. The van der Waals surface area contributed by atoms with E-state index in [1.165, 1.54) is 13.8 Å². The number of aryl methyl sites for hydroxylation is 2. The Morgan fingerprint density at radius 3 is 2.46 bits per heavy atom. The first-order valence-corrected chi connectivity index (χ1v) is 7.98. The van der Waals surface area contributed by atoms with Crippen LogP contribution in [-0.2, 0) is 11.2 Å². The van der Waals surface area contributed by atoms with E-state index in [1.807, 2.05) is 37.3 Å². The topological polar surface area (TPSA) is 63.6 Å². The number of fused-ring (bicyclic) bond motifs is 1. The van der Waals surface area contributed by atoms with E-state index in [9.17, 15) is 14.7 Å². The Kier molecular flexibility index (Phi) is 3.91. The van der Waals surface area contributed by atoms with Crippen LogP contribution in [0.25, 0.3) is 11.1 Å². The number of benzene rings is 2. The lowest BCUT2D eigenvalue weighted by Gasteiger charge is -2.24. The lowest BCUT2D eigenvalue weighted by Crippen LogP contribution is -2.38. The van der Waals surface area contributed by atoms with Crippen LogP contribution in [0.5, 0.6) is 5.75 Å². The van der Waals surface area contributed by atoms with E-state index in [4.69, 9.17) is 4.74 Å². The second-order valence-corrected chi connectivity index (χ2v) is 6.66. The van der Waals surface area contributed by atoms with Crippen LogP contribution >= 0.6 is 0 Å². The third-order valence-corrected chi connectivity index (χ3v) is 4.44. The van der Waals surface area contributed by atoms with Gasteiger partial charge in [-0.3, -0.25) is 4.79 Å². The van der Waals surface area contributed by atoms with Gasteiger partial charge >= 0.3 is 5.97 Å². The van der Waals surface area contributed by atoms with Gasteiger partial charge in [-0.25, -0.2) is 4.79 Å². The molecule has 2 aromatic carbocycles. The van der Waals surface area contributed by atoms with Crippen molar-refractivity contribution in [3.63, 3.8) is 0 Å². The quantitative estimate of drug-likeness (QED) is 0.922. The molecule has 4 nitrogen and oxygen atoms in total. The average Bonchev–Trinajstić information content (AvgIpc) is 2.87. The summed E-state index contributed by atoms with van der Waals surface area (Å²) in [6.45, 7) is 5.01. The predicted molar refractivity (Wildman–Crippen MR) is 91.6 cm³/mol. The number of aliphatic carboxylic acids is 1. The molecule has 0 atom stereocenters. The Bertz CT molecular complexity index is 834. The van der Waals surface area contributed by atoms with Gasteiger partial charge in [-0.2, -0.15) is 0 Å². The molecule has 0 saturated carbocycles. The van der Waals surface area contributed by atoms with Crippen LogP contribution in [-0.4, -0.2) is 22.5 Å². The summed E-state index contributed by atoms with van der Waals surface area (Å²) in [7, 11) is 0. The summed E-state index contributed by atoms with van der Waals surface area (Å²) in [5.41, 5.74) is 3.14. The molecule has 1 aliphatic rings. The highest BCUT2D eigenvalue weighted by Gasteiger charge is 2.32. The highest BCUT2D eigenvalue weighted by Crippen LogP contribution is 2.39. The molecule has 1 aliphatic carbocycles. The van der Waals surface area contributed by atoms with Crippen molar-refractivity contribution in [1.29, 1.82) is 0 Å². The fraction of sp³-hybridized carbons (Fsp3) is 0.300. The SMILES string of the molecule is Cc1ccccc1-c1cc2c(cc1OC(C)(C)C(=O)O)C(=O)CC2. The Morgan fingerprint density at radius 1 is 1.08 bits per heavy atom. The smallest absolute Gasteiger partial charge is 0.347 e. The van der Waals surface area contributed by atoms with Gasteiger partial charge in [0.05, 0.1) is 0 Å². The summed E-state index contributed by atoms with van der Waals surface area (Å²) < 4.78 is 5.83. The van der Waals surface area contributed by atoms with Gasteiger partial charge in [0.25, 0.3) is 0 Å². The Labute approximate surface area is 141 Å². The minimum Gasteiger partial charge on any atom is -0.478 e. The second kappa shape index (κ2) is 5.78. The molecule has 2 aromatic rings. The molecular weight excluding hydrogens is 304 g/mol. The van der Waals surface area contributed by atoms with Crippen LogP contribution in [0, 0.1) is 6.92 Å². The number of rotatable bonds is 4. The molecular formula is C20H20O4. The molecule has 0 radical (unpaired) electrons. The third kappa shape index (κ3) is 2.80. The second-order valence-electron chi connectivity index (χ2n) is 6.66.